The van der Waals surface area contributed by atoms with Gasteiger partial charge in [0.25, 0.3) is 5.91 Å². The van der Waals surface area contributed by atoms with E-state index in [1.807, 2.05) is 49.4 Å². The van der Waals surface area contributed by atoms with Gasteiger partial charge in [-0.15, -0.1) is 0 Å². The number of nitrogens with one attached hydrogen (secondary N) is 3. The number of piperidine rings is 1. The fraction of sp³-hybridized carbons (Fsp3) is 0.308. The Kier molecular flexibility index (Phi) is 7.99. The number of hydrogen-bond donors (Lipinski definition) is 4. The molecule has 3 aromatic rings. The Morgan fingerprint density at radius 3 is 2.63 bits per heavy atom. The van der Waals surface area contributed by atoms with E-state index in [0.717, 1.165) is 33.7 Å². The van der Waals surface area contributed by atoms with E-state index in [1.54, 1.807) is 23.5 Å². The fourth-order valence-electron chi connectivity index (χ4n) is 4.09. The molecule has 1 amide bonds. The van der Waals surface area contributed by atoms with Gasteiger partial charge in [-0.25, -0.2) is 0 Å². The van der Waals surface area contributed by atoms with Crippen molar-refractivity contribution in [3.8, 4) is 0 Å². The highest BCUT2D eigenvalue weighted by atomic mass is 32.2. The number of carbonyl (C=O) groups is 1. The average Bonchev–Trinajstić information content (AvgIpc) is 2.90. The van der Waals surface area contributed by atoms with Crippen LogP contribution in [0.3, 0.4) is 0 Å². The molecule has 4 N–H and O–H groups in total. The topological polar surface area (TPSA) is 114 Å². The summed E-state index contributed by atoms with van der Waals surface area (Å²) in [5.41, 5.74) is 3.05. The maximum absolute atomic E-state index is 13.0. The van der Waals surface area contributed by atoms with Crippen LogP contribution in [0, 0.1) is 5.41 Å². The van der Waals surface area contributed by atoms with Crippen LogP contribution < -0.4 is 10.0 Å². The van der Waals surface area contributed by atoms with Gasteiger partial charge in [0.05, 0.1) is 16.0 Å². The molecule has 0 saturated carbocycles. The molecule has 1 aliphatic rings. The summed E-state index contributed by atoms with van der Waals surface area (Å²) in [4.78, 5) is 24.5. The molecule has 0 aliphatic carbocycles. The Labute approximate surface area is 209 Å². The first kappa shape index (κ1) is 24.7. The molecule has 0 radical (unpaired) electrons. The molecule has 0 atom stereocenters. The molecule has 1 saturated heterocycles. The van der Waals surface area contributed by atoms with E-state index in [-0.39, 0.29) is 5.91 Å². The minimum atomic E-state index is -0.896. The van der Waals surface area contributed by atoms with Gasteiger partial charge in [-0.1, -0.05) is 6.07 Å². The molecule has 2 heterocycles. The van der Waals surface area contributed by atoms with Gasteiger partial charge in [-0.2, -0.15) is 0 Å². The fourth-order valence-corrected chi connectivity index (χ4v) is 4.85. The van der Waals surface area contributed by atoms with Crippen LogP contribution in [-0.4, -0.2) is 57.3 Å². The largest absolute Gasteiger partial charge is 0.391 e. The lowest BCUT2D eigenvalue weighted by molar-refractivity contribution is -0.0152. The highest BCUT2D eigenvalue weighted by Gasteiger charge is 2.34. The normalized spacial score (nSPS) is 15.6. The van der Waals surface area contributed by atoms with Gasteiger partial charge in [0.1, 0.15) is 5.52 Å². The summed E-state index contributed by atoms with van der Waals surface area (Å²) in [5.74, 6) is -0.0361. The predicted molar refractivity (Wildman–Crippen MR) is 141 cm³/mol. The number of hydrogen-bond acceptors (Lipinski definition) is 8. The zero-order valence-electron chi connectivity index (χ0n) is 19.7. The van der Waals surface area contributed by atoms with Crippen LogP contribution in [0.1, 0.15) is 36.5 Å². The third-order valence-electron chi connectivity index (χ3n) is 6.06. The van der Waals surface area contributed by atoms with E-state index in [0.29, 0.717) is 37.9 Å². The van der Waals surface area contributed by atoms with Gasteiger partial charge >= 0.3 is 0 Å². The zero-order valence-corrected chi connectivity index (χ0v) is 20.5. The van der Waals surface area contributed by atoms with Gasteiger partial charge in [0.2, 0.25) is 0 Å². The van der Waals surface area contributed by atoms with Crippen molar-refractivity contribution in [1.82, 2.24) is 20.2 Å². The maximum atomic E-state index is 13.0. The van der Waals surface area contributed by atoms with Gasteiger partial charge in [0, 0.05) is 62.1 Å². The molecule has 2 aromatic carbocycles. The first-order valence-corrected chi connectivity index (χ1v) is 12.5. The van der Waals surface area contributed by atoms with Crippen LogP contribution in [0.15, 0.2) is 71.5 Å². The number of rotatable bonds is 9. The number of para-hydroxylation sites is 1. The van der Waals surface area contributed by atoms with E-state index < -0.39 is 5.60 Å². The van der Waals surface area contributed by atoms with Crippen molar-refractivity contribution in [2.45, 2.75) is 36.7 Å². The molecule has 4 rings (SSSR count). The minimum Gasteiger partial charge on any atom is -0.391 e. The summed E-state index contributed by atoms with van der Waals surface area (Å²) in [6.07, 6.45) is 7.80. The Morgan fingerprint density at radius 1 is 1.17 bits per heavy atom. The monoisotopic (exact) mass is 490 g/mol. The van der Waals surface area contributed by atoms with E-state index >= 15 is 0 Å². The number of nitrogens with zero attached hydrogens (tertiary/aromatic N) is 3. The van der Waals surface area contributed by atoms with Gasteiger partial charge in [-0.3, -0.25) is 14.8 Å². The molecule has 0 bridgehead atoms. The second-order valence-electron chi connectivity index (χ2n) is 8.58. The Bertz CT molecular complexity index is 1200. The molecule has 182 valence electrons. The highest BCUT2D eigenvalue weighted by molar-refractivity contribution is 8.00. The average molecular weight is 491 g/mol. The Balaban J connectivity index is 1.32. The molecule has 9 heteroatoms. The lowest BCUT2D eigenvalue weighted by Crippen LogP contribution is -2.47. The summed E-state index contributed by atoms with van der Waals surface area (Å²) in [6.45, 7) is 3.72. The quantitative estimate of drug-likeness (QED) is 0.262. The summed E-state index contributed by atoms with van der Waals surface area (Å²) in [6, 6.07) is 13.3. The van der Waals surface area contributed by atoms with Crippen molar-refractivity contribution in [3.63, 3.8) is 0 Å². The van der Waals surface area contributed by atoms with E-state index in [1.165, 1.54) is 18.2 Å². The first-order chi connectivity index (χ1) is 17.0. The van der Waals surface area contributed by atoms with Crippen LogP contribution in [0.5, 0.6) is 0 Å². The molecule has 1 aliphatic heterocycles. The summed E-state index contributed by atoms with van der Waals surface area (Å²) in [5, 5.41) is 21.6. The molecule has 0 unspecified atom stereocenters. The molecular weight excluding hydrogens is 460 g/mol. The number of carbonyl (C=O) groups excluding carboxylic acids is 1. The molecule has 1 aromatic heterocycles. The van der Waals surface area contributed by atoms with Crippen LogP contribution in [0.2, 0.25) is 0 Å². The second-order valence-corrected chi connectivity index (χ2v) is 9.42. The summed E-state index contributed by atoms with van der Waals surface area (Å²) in [7, 11) is 0. The molecule has 0 spiro atoms. The zero-order chi connectivity index (χ0) is 24.7. The molecule has 1 fully saturated rings. The number of aliphatic hydroxyl groups is 1. The number of likely N-dealkylation sites (tertiary alicyclic amines) is 1. The molecular formula is C26H30N6O2S. The standard InChI is InChI=1S/C26H30N6O2S/c1-2-28-18-19(17-27)16-26(34)10-14-32(15-11-26)25(33)20-6-8-21(9-7-20)31-35-23-5-3-4-22-24(23)30-13-12-29-22/h3-9,12-13,17-18,27-28,31,34H,2,10-11,14-16H2,1H3/b19-18-,27-17?. The third kappa shape index (κ3) is 6.17. The van der Waals surface area contributed by atoms with E-state index in [2.05, 4.69) is 20.0 Å². The van der Waals surface area contributed by atoms with Crippen molar-refractivity contribution >= 4 is 40.8 Å². The number of fused-ring (bicyclic) bond motifs is 1. The maximum Gasteiger partial charge on any atom is 0.253 e. The van der Waals surface area contributed by atoms with Gasteiger partial charge < -0.3 is 25.5 Å². The smallest absolute Gasteiger partial charge is 0.253 e. The van der Waals surface area contributed by atoms with Crippen LogP contribution >= 0.6 is 11.9 Å². The number of amides is 1. The first-order valence-electron chi connectivity index (χ1n) is 11.7. The van der Waals surface area contributed by atoms with Crippen molar-refractivity contribution in [3.05, 3.63) is 72.2 Å². The van der Waals surface area contributed by atoms with Crippen LogP contribution in [0.25, 0.3) is 11.0 Å². The number of anilines is 1. The summed E-state index contributed by atoms with van der Waals surface area (Å²) < 4.78 is 3.31. The SMILES string of the molecule is CCN/C=C(\C=N)CC1(O)CCN(C(=O)c2ccc(NSc3cccc4nccnc34)cc2)CC1. The lowest BCUT2D eigenvalue weighted by Gasteiger charge is -2.38. The highest BCUT2D eigenvalue weighted by Crippen LogP contribution is 2.30. The van der Waals surface area contributed by atoms with Crippen LogP contribution in [-0.2, 0) is 0 Å². The predicted octanol–water partition coefficient (Wildman–Crippen LogP) is 4.25. The lowest BCUT2D eigenvalue weighted by atomic mass is 9.85. The van der Waals surface area contributed by atoms with Gasteiger partial charge in [-0.05, 0) is 73.7 Å². The minimum absolute atomic E-state index is 0.0361. The van der Waals surface area contributed by atoms with Crippen molar-refractivity contribution < 1.29 is 9.90 Å². The van der Waals surface area contributed by atoms with Crippen molar-refractivity contribution in [1.29, 1.82) is 5.41 Å². The van der Waals surface area contributed by atoms with Crippen molar-refractivity contribution in [2.24, 2.45) is 0 Å². The Morgan fingerprint density at radius 2 is 1.91 bits per heavy atom. The number of benzene rings is 2. The van der Waals surface area contributed by atoms with Gasteiger partial charge in [0.15, 0.2) is 0 Å². The van der Waals surface area contributed by atoms with Crippen LogP contribution in [0.4, 0.5) is 5.69 Å². The third-order valence-corrected chi connectivity index (χ3v) is 6.95. The second kappa shape index (κ2) is 11.3. The van der Waals surface area contributed by atoms with Crippen molar-refractivity contribution in [2.75, 3.05) is 24.4 Å². The number of aromatic nitrogens is 2. The summed E-state index contributed by atoms with van der Waals surface area (Å²) >= 11 is 1.46. The molecule has 8 nitrogen and oxygen atoms in total. The molecule has 35 heavy (non-hydrogen) atoms. The Hall–Kier alpha value is -3.43. The van der Waals surface area contributed by atoms with E-state index in [9.17, 15) is 9.90 Å². The van der Waals surface area contributed by atoms with E-state index in [4.69, 9.17) is 5.41 Å².